The Bertz CT molecular complexity index is 373. The molecule has 1 aromatic heterocycles. The summed E-state index contributed by atoms with van der Waals surface area (Å²) in [5.74, 6) is 1.94. The van der Waals surface area contributed by atoms with Gasteiger partial charge in [0.15, 0.2) is 0 Å². The summed E-state index contributed by atoms with van der Waals surface area (Å²) in [5.41, 5.74) is 0. The molecular weight excluding hydrogens is 238 g/mol. The summed E-state index contributed by atoms with van der Waals surface area (Å²) >= 11 is 5.73. The van der Waals surface area contributed by atoms with Crippen molar-refractivity contribution in [1.29, 1.82) is 0 Å². The minimum Gasteiger partial charge on any atom is -0.464 e. The highest BCUT2D eigenvalue weighted by Gasteiger charge is 2.23. The maximum absolute atomic E-state index is 12.1. The van der Waals surface area contributed by atoms with Gasteiger partial charge in [-0.15, -0.1) is 11.6 Å². The van der Waals surface area contributed by atoms with E-state index in [0.29, 0.717) is 12.4 Å². The van der Waals surface area contributed by atoms with Gasteiger partial charge in [-0.2, -0.15) is 0 Å². The summed E-state index contributed by atoms with van der Waals surface area (Å²) < 4.78 is 5.50. The van der Waals surface area contributed by atoms with Crippen molar-refractivity contribution in [2.24, 2.45) is 5.92 Å². The summed E-state index contributed by atoms with van der Waals surface area (Å²) in [6.07, 6.45) is 0. The Morgan fingerprint density at radius 2 is 2.06 bits per heavy atom. The molecule has 1 amide bonds. The highest BCUT2D eigenvalue weighted by molar-refractivity contribution is 6.19. The van der Waals surface area contributed by atoms with Gasteiger partial charge in [0.05, 0.1) is 6.54 Å². The Hall–Kier alpha value is -0.960. The van der Waals surface area contributed by atoms with Crippen LogP contribution in [0.4, 0.5) is 0 Å². The van der Waals surface area contributed by atoms with E-state index in [4.69, 9.17) is 16.0 Å². The van der Waals surface area contributed by atoms with Crippen LogP contribution < -0.4 is 0 Å². The van der Waals surface area contributed by atoms with E-state index in [-0.39, 0.29) is 17.9 Å². The Kier molecular flexibility index (Phi) is 5.06. The first-order valence-electron chi connectivity index (χ1n) is 5.87. The number of hydrogen-bond acceptors (Lipinski definition) is 2. The molecule has 0 saturated carbocycles. The molecule has 0 spiro atoms. The summed E-state index contributed by atoms with van der Waals surface area (Å²) in [4.78, 5) is 13.9. The maximum Gasteiger partial charge on any atom is 0.227 e. The third-order valence-electron chi connectivity index (χ3n) is 2.68. The van der Waals surface area contributed by atoms with Crippen LogP contribution in [0.15, 0.2) is 16.5 Å². The molecule has 3 nitrogen and oxygen atoms in total. The van der Waals surface area contributed by atoms with Crippen molar-refractivity contribution in [3.63, 3.8) is 0 Å². The number of halogens is 1. The van der Waals surface area contributed by atoms with Crippen molar-refractivity contribution in [2.75, 3.05) is 5.88 Å². The van der Waals surface area contributed by atoms with Gasteiger partial charge in [-0.05, 0) is 32.9 Å². The summed E-state index contributed by atoms with van der Waals surface area (Å²) in [6, 6.07) is 3.95. The lowest BCUT2D eigenvalue weighted by atomic mass is 10.1. The smallest absolute Gasteiger partial charge is 0.227 e. The first-order valence-corrected chi connectivity index (χ1v) is 6.41. The van der Waals surface area contributed by atoms with Gasteiger partial charge in [0, 0.05) is 17.8 Å². The summed E-state index contributed by atoms with van der Waals surface area (Å²) in [6.45, 7) is 8.24. The third kappa shape index (κ3) is 3.77. The van der Waals surface area contributed by atoms with Crippen molar-refractivity contribution >= 4 is 17.5 Å². The molecule has 0 radical (unpaired) electrons. The van der Waals surface area contributed by atoms with E-state index < -0.39 is 0 Å². The first kappa shape index (κ1) is 14.1. The van der Waals surface area contributed by atoms with Gasteiger partial charge in [0.2, 0.25) is 5.91 Å². The molecule has 1 heterocycles. The van der Waals surface area contributed by atoms with Crippen LogP contribution in [0.25, 0.3) is 0 Å². The highest BCUT2D eigenvalue weighted by Crippen LogP contribution is 2.15. The Balaban J connectivity index is 2.76. The second-order valence-electron chi connectivity index (χ2n) is 4.63. The van der Waals surface area contributed by atoms with Crippen LogP contribution in [0.1, 0.15) is 32.3 Å². The lowest BCUT2D eigenvalue weighted by Crippen LogP contribution is -2.40. The van der Waals surface area contributed by atoms with Crippen LogP contribution in [0.5, 0.6) is 0 Å². The first-order chi connectivity index (χ1) is 7.95. The van der Waals surface area contributed by atoms with Crippen LogP contribution in [0.3, 0.4) is 0 Å². The average molecular weight is 258 g/mol. The van der Waals surface area contributed by atoms with Crippen molar-refractivity contribution in [3.8, 4) is 0 Å². The molecule has 17 heavy (non-hydrogen) atoms. The second kappa shape index (κ2) is 6.10. The SMILES string of the molecule is Cc1ccc(CN(C(=O)C(C)CCl)C(C)C)o1. The molecule has 0 aromatic carbocycles. The molecule has 96 valence electrons. The highest BCUT2D eigenvalue weighted by atomic mass is 35.5. The van der Waals surface area contributed by atoms with Crippen LogP contribution in [-0.4, -0.2) is 22.7 Å². The molecule has 1 rings (SSSR count). The minimum absolute atomic E-state index is 0.0732. The van der Waals surface area contributed by atoms with E-state index >= 15 is 0 Å². The number of hydrogen-bond donors (Lipinski definition) is 0. The fourth-order valence-electron chi connectivity index (χ4n) is 1.60. The number of amides is 1. The van der Waals surface area contributed by atoms with Gasteiger partial charge in [0.1, 0.15) is 11.5 Å². The fourth-order valence-corrected chi connectivity index (χ4v) is 1.73. The number of furan rings is 1. The number of nitrogens with zero attached hydrogens (tertiary/aromatic N) is 1. The van der Waals surface area contributed by atoms with E-state index in [0.717, 1.165) is 11.5 Å². The number of carbonyl (C=O) groups is 1. The molecule has 0 saturated heterocycles. The average Bonchev–Trinajstić information content (AvgIpc) is 2.69. The molecule has 0 aliphatic heterocycles. The summed E-state index contributed by atoms with van der Waals surface area (Å²) in [5, 5.41) is 0. The second-order valence-corrected chi connectivity index (χ2v) is 4.94. The van der Waals surface area contributed by atoms with Gasteiger partial charge in [0.25, 0.3) is 0 Å². The van der Waals surface area contributed by atoms with Gasteiger partial charge < -0.3 is 9.32 Å². The molecule has 1 aromatic rings. The number of aryl methyl sites for hydroxylation is 1. The molecule has 0 aliphatic rings. The van der Waals surface area contributed by atoms with E-state index in [9.17, 15) is 4.79 Å². The van der Waals surface area contributed by atoms with Gasteiger partial charge >= 0.3 is 0 Å². The molecule has 0 bridgehead atoms. The van der Waals surface area contributed by atoms with E-state index in [1.54, 1.807) is 4.90 Å². The topological polar surface area (TPSA) is 33.5 Å². The van der Waals surface area contributed by atoms with E-state index in [1.807, 2.05) is 39.8 Å². The molecule has 4 heteroatoms. The predicted octanol–water partition coefficient (Wildman–Crippen LogP) is 3.20. The number of alkyl halides is 1. The molecule has 1 unspecified atom stereocenters. The van der Waals surface area contributed by atoms with Crippen molar-refractivity contribution in [1.82, 2.24) is 4.90 Å². The van der Waals surface area contributed by atoms with Gasteiger partial charge in [-0.25, -0.2) is 0 Å². The van der Waals surface area contributed by atoms with Crippen LogP contribution >= 0.6 is 11.6 Å². The van der Waals surface area contributed by atoms with Crippen molar-refractivity contribution in [3.05, 3.63) is 23.7 Å². The fraction of sp³-hybridized carbons (Fsp3) is 0.615. The number of carbonyl (C=O) groups excluding carboxylic acids is 1. The largest absolute Gasteiger partial charge is 0.464 e. The quantitative estimate of drug-likeness (QED) is 0.759. The standard InChI is InChI=1S/C13H20ClNO2/c1-9(2)15(13(16)10(3)7-14)8-12-6-5-11(4)17-12/h5-6,9-10H,7-8H2,1-4H3. The Morgan fingerprint density at radius 1 is 1.41 bits per heavy atom. The van der Waals surface area contributed by atoms with Crippen LogP contribution in [0.2, 0.25) is 0 Å². The van der Waals surface area contributed by atoms with Gasteiger partial charge in [-0.3, -0.25) is 4.79 Å². The molecular formula is C13H20ClNO2. The van der Waals surface area contributed by atoms with Crippen LogP contribution in [-0.2, 0) is 11.3 Å². The normalized spacial score (nSPS) is 12.8. The van der Waals surface area contributed by atoms with Crippen molar-refractivity contribution in [2.45, 2.75) is 40.3 Å². The predicted molar refractivity (Wildman–Crippen MR) is 69.0 cm³/mol. The summed E-state index contributed by atoms with van der Waals surface area (Å²) in [7, 11) is 0. The zero-order valence-corrected chi connectivity index (χ0v) is 11.6. The van der Waals surface area contributed by atoms with Gasteiger partial charge in [-0.1, -0.05) is 6.92 Å². The number of rotatable bonds is 5. The monoisotopic (exact) mass is 257 g/mol. The lowest BCUT2D eigenvalue weighted by Gasteiger charge is -2.28. The minimum atomic E-state index is -0.157. The van der Waals surface area contributed by atoms with E-state index in [1.165, 1.54) is 0 Å². The lowest BCUT2D eigenvalue weighted by molar-refractivity contribution is -0.137. The Labute approximate surface area is 108 Å². The molecule has 0 N–H and O–H groups in total. The molecule has 1 atom stereocenters. The maximum atomic E-state index is 12.1. The van der Waals surface area contributed by atoms with Crippen molar-refractivity contribution < 1.29 is 9.21 Å². The zero-order valence-electron chi connectivity index (χ0n) is 10.9. The molecule has 0 fully saturated rings. The Morgan fingerprint density at radius 3 is 2.47 bits per heavy atom. The van der Waals surface area contributed by atoms with Crippen LogP contribution in [0, 0.1) is 12.8 Å². The van der Waals surface area contributed by atoms with E-state index in [2.05, 4.69) is 0 Å². The zero-order chi connectivity index (χ0) is 13.0. The third-order valence-corrected chi connectivity index (χ3v) is 3.14. The molecule has 0 aliphatic carbocycles.